The van der Waals surface area contributed by atoms with Gasteiger partial charge in [0.15, 0.2) is 11.0 Å². The first-order valence-electron chi connectivity index (χ1n) is 9.48. The molecular formula is C22H22BrClN4O2S. The minimum Gasteiger partial charge on any atom is -0.485 e. The van der Waals surface area contributed by atoms with Crippen molar-refractivity contribution in [3.8, 4) is 5.75 Å². The van der Waals surface area contributed by atoms with Crippen LogP contribution in [0.25, 0.3) is 0 Å². The van der Waals surface area contributed by atoms with E-state index in [2.05, 4.69) is 38.0 Å². The topological polar surface area (TPSA) is 69.0 Å². The van der Waals surface area contributed by atoms with Gasteiger partial charge >= 0.3 is 0 Å². The largest absolute Gasteiger partial charge is 0.485 e. The second kappa shape index (κ2) is 10.8. The standard InChI is InChI=1S/C22H22BrClN4O2S/c1-4-10-28-19(12-30-21-14(2)6-5-7-15(21)3)26-27-22(28)31-13-20(29)25-16-8-9-17(23)18(24)11-16/h4-9,11H,1,10,12-13H2,2-3H3,(H,25,29). The van der Waals surface area contributed by atoms with Crippen LogP contribution >= 0.6 is 39.3 Å². The van der Waals surface area contributed by atoms with Gasteiger partial charge in [-0.1, -0.05) is 47.6 Å². The molecule has 0 radical (unpaired) electrons. The van der Waals surface area contributed by atoms with Crippen LogP contribution in [0.3, 0.4) is 0 Å². The van der Waals surface area contributed by atoms with E-state index in [1.165, 1.54) is 11.8 Å². The smallest absolute Gasteiger partial charge is 0.234 e. The van der Waals surface area contributed by atoms with Gasteiger partial charge in [-0.25, -0.2) is 0 Å². The molecule has 0 fully saturated rings. The Bertz CT molecular complexity index is 1080. The van der Waals surface area contributed by atoms with Crippen molar-refractivity contribution in [1.29, 1.82) is 0 Å². The number of carbonyl (C=O) groups excluding carboxylic acids is 1. The summed E-state index contributed by atoms with van der Waals surface area (Å²) in [4.78, 5) is 12.4. The zero-order valence-corrected chi connectivity index (χ0v) is 20.4. The van der Waals surface area contributed by atoms with Crippen molar-refractivity contribution >= 4 is 50.9 Å². The van der Waals surface area contributed by atoms with Gasteiger partial charge in [0, 0.05) is 16.7 Å². The van der Waals surface area contributed by atoms with Crippen molar-refractivity contribution in [2.75, 3.05) is 11.1 Å². The number of aromatic nitrogens is 3. The normalized spacial score (nSPS) is 10.7. The first-order valence-corrected chi connectivity index (χ1v) is 11.6. The van der Waals surface area contributed by atoms with Crippen LogP contribution in [0.2, 0.25) is 5.02 Å². The Morgan fingerprint density at radius 3 is 2.71 bits per heavy atom. The average molecular weight is 522 g/mol. The van der Waals surface area contributed by atoms with Crippen LogP contribution in [0.1, 0.15) is 17.0 Å². The maximum Gasteiger partial charge on any atom is 0.234 e. The van der Waals surface area contributed by atoms with Crippen LogP contribution in [-0.2, 0) is 17.9 Å². The number of amides is 1. The molecule has 0 bridgehead atoms. The van der Waals surface area contributed by atoms with Crippen molar-refractivity contribution < 1.29 is 9.53 Å². The molecular weight excluding hydrogens is 500 g/mol. The van der Waals surface area contributed by atoms with Crippen molar-refractivity contribution in [1.82, 2.24) is 14.8 Å². The summed E-state index contributed by atoms with van der Waals surface area (Å²) in [5.41, 5.74) is 2.76. The number of carbonyl (C=O) groups is 1. The number of nitrogens with zero attached hydrogens (tertiary/aromatic N) is 3. The highest BCUT2D eigenvalue weighted by Crippen LogP contribution is 2.26. The number of allylic oxidation sites excluding steroid dienone is 1. The number of hydrogen-bond acceptors (Lipinski definition) is 5. The van der Waals surface area contributed by atoms with E-state index in [1.54, 1.807) is 24.3 Å². The lowest BCUT2D eigenvalue weighted by Gasteiger charge is -2.12. The highest BCUT2D eigenvalue weighted by Gasteiger charge is 2.15. The lowest BCUT2D eigenvalue weighted by atomic mass is 10.1. The van der Waals surface area contributed by atoms with Gasteiger partial charge in [0.1, 0.15) is 12.4 Å². The molecule has 3 rings (SSSR count). The van der Waals surface area contributed by atoms with Crippen molar-refractivity contribution in [2.24, 2.45) is 0 Å². The van der Waals surface area contributed by atoms with E-state index in [0.29, 0.717) is 28.2 Å². The van der Waals surface area contributed by atoms with Gasteiger partial charge in [0.25, 0.3) is 0 Å². The number of halogens is 2. The Balaban J connectivity index is 1.64. The van der Waals surface area contributed by atoms with E-state index in [-0.39, 0.29) is 18.3 Å². The van der Waals surface area contributed by atoms with Crippen LogP contribution in [0, 0.1) is 13.8 Å². The first-order chi connectivity index (χ1) is 14.9. The van der Waals surface area contributed by atoms with E-state index in [9.17, 15) is 4.79 Å². The summed E-state index contributed by atoms with van der Waals surface area (Å²) in [7, 11) is 0. The van der Waals surface area contributed by atoms with E-state index >= 15 is 0 Å². The molecule has 162 valence electrons. The second-order valence-corrected chi connectivity index (χ2v) is 8.98. The monoisotopic (exact) mass is 520 g/mol. The lowest BCUT2D eigenvalue weighted by Crippen LogP contribution is -2.15. The minimum absolute atomic E-state index is 0.162. The Morgan fingerprint density at radius 2 is 2.03 bits per heavy atom. The Morgan fingerprint density at radius 1 is 1.29 bits per heavy atom. The van der Waals surface area contributed by atoms with Crippen LogP contribution in [0.5, 0.6) is 5.75 Å². The first kappa shape index (κ1) is 23.4. The maximum absolute atomic E-state index is 12.4. The van der Waals surface area contributed by atoms with Gasteiger partial charge in [-0.2, -0.15) is 0 Å². The molecule has 0 aliphatic carbocycles. The van der Waals surface area contributed by atoms with Crippen molar-refractivity contribution in [2.45, 2.75) is 32.2 Å². The SMILES string of the molecule is C=CCn1c(COc2c(C)cccc2C)nnc1SCC(=O)Nc1ccc(Br)c(Cl)c1. The predicted molar refractivity (Wildman–Crippen MR) is 129 cm³/mol. The Labute approximate surface area is 199 Å². The zero-order chi connectivity index (χ0) is 22.4. The highest BCUT2D eigenvalue weighted by atomic mass is 79.9. The van der Waals surface area contributed by atoms with E-state index in [0.717, 1.165) is 21.3 Å². The van der Waals surface area contributed by atoms with Gasteiger partial charge in [-0.05, 0) is 59.1 Å². The molecule has 1 N–H and O–H groups in total. The van der Waals surface area contributed by atoms with Gasteiger partial charge in [-0.15, -0.1) is 16.8 Å². The molecule has 0 spiro atoms. The number of para-hydroxylation sites is 1. The van der Waals surface area contributed by atoms with Crippen LogP contribution < -0.4 is 10.1 Å². The molecule has 0 saturated heterocycles. The van der Waals surface area contributed by atoms with E-state index in [4.69, 9.17) is 16.3 Å². The Kier molecular flexibility index (Phi) is 8.17. The third kappa shape index (κ3) is 6.12. The highest BCUT2D eigenvalue weighted by molar-refractivity contribution is 9.10. The summed E-state index contributed by atoms with van der Waals surface area (Å²) >= 11 is 10.7. The summed E-state index contributed by atoms with van der Waals surface area (Å²) in [5, 5.41) is 12.5. The molecule has 2 aromatic carbocycles. The average Bonchev–Trinajstić information content (AvgIpc) is 3.11. The number of nitrogens with one attached hydrogen (secondary N) is 1. The molecule has 0 aliphatic heterocycles. The molecule has 0 unspecified atom stereocenters. The van der Waals surface area contributed by atoms with Gasteiger partial charge in [0.05, 0.1) is 10.8 Å². The van der Waals surface area contributed by atoms with E-state index < -0.39 is 0 Å². The molecule has 31 heavy (non-hydrogen) atoms. The number of benzene rings is 2. The summed E-state index contributed by atoms with van der Waals surface area (Å²) in [5.74, 6) is 1.54. The number of ether oxygens (including phenoxy) is 1. The van der Waals surface area contributed by atoms with Crippen LogP contribution in [0.4, 0.5) is 5.69 Å². The minimum atomic E-state index is -0.162. The molecule has 1 amide bonds. The fourth-order valence-electron chi connectivity index (χ4n) is 2.91. The Hall–Kier alpha value is -2.29. The fourth-order valence-corrected chi connectivity index (χ4v) is 4.10. The molecule has 1 aromatic heterocycles. The van der Waals surface area contributed by atoms with Gasteiger partial charge in [-0.3, -0.25) is 9.36 Å². The summed E-state index contributed by atoms with van der Waals surface area (Å²) in [6.07, 6.45) is 1.76. The maximum atomic E-state index is 12.4. The summed E-state index contributed by atoms with van der Waals surface area (Å²) in [6, 6.07) is 11.3. The number of rotatable bonds is 9. The molecule has 3 aromatic rings. The van der Waals surface area contributed by atoms with Crippen molar-refractivity contribution in [3.05, 3.63) is 75.5 Å². The quantitative estimate of drug-likeness (QED) is 0.284. The fraction of sp³-hybridized carbons (Fsp3) is 0.227. The number of aryl methyl sites for hydroxylation is 2. The van der Waals surface area contributed by atoms with Gasteiger partial charge in [0.2, 0.25) is 5.91 Å². The van der Waals surface area contributed by atoms with E-state index in [1.807, 2.05) is 36.6 Å². The number of hydrogen-bond donors (Lipinski definition) is 1. The molecule has 1 heterocycles. The molecule has 0 saturated carbocycles. The third-order valence-corrected chi connectivity index (χ3v) is 6.59. The molecule has 6 nitrogen and oxygen atoms in total. The summed E-state index contributed by atoms with van der Waals surface area (Å²) in [6.45, 7) is 8.62. The van der Waals surface area contributed by atoms with Crippen molar-refractivity contribution in [3.63, 3.8) is 0 Å². The molecule has 0 atom stereocenters. The zero-order valence-electron chi connectivity index (χ0n) is 17.2. The number of anilines is 1. The molecule has 9 heteroatoms. The lowest BCUT2D eigenvalue weighted by molar-refractivity contribution is -0.113. The third-order valence-electron chi connectivity index (χ3n) is 4.40. The van der Waals surface area contributed by atoms with Crippen LogP contribution in [0.15, 0.2) is 58.7 Å². The second-order valence-electron chi connectivity index (χ2n) is 6.77. The number of thioether (sulfide) groups is 1. The molecule has 0 aliphatic rings. The summed E-state index contributed by atoms with van der Waals surface area (Å²) < 4.78 is 8.69. The predicted octanol–water partition coefficient (Wildman–Crippen LogP) is 5.81. The van der Waals surface area contributed by atoms with Gasteiger partial charge < -0.3 is 10.1 Å². The van der Waals surface area contributed by atoms with Crippen LogP contribution in [-0.4, -0.2) is 26.4 Å².